The first-order valence-corrected chi connectivity index (χ1v) is 11.1. The van der Waals surface area contributed by atoms with Gasteiger partial charge >= 0.3 is 17.9 Å². The van der Waals surface area contributed by atoms with Gasteiger partial charge in [-0.3, -0.25) is 0 Å². The summed E-state index contributed by atoms with van der Waals surface area (Å²) in [6, 6.07) is 9.55. The lowest BCUT2D eigenvalue weighted by Gasteiger charge is -2.04. The third-order valence-electron chi connectivity index (χ3n) is 4.04. The molecule has 0 aromatic heterocycles. The third kappa shape index (κ3) is 19.3. The molecule has 0 spiro atoms. The second-order valence-electron chi connectivity index (χ2n) is 7.27. The predicted molar refractivity (Wildman–Crippen MR) is 132 cm³/mol. The van der Waals surface area contributed by atoms with Gasteiger partial charge in [0.15, 0.2) is 0 Å². The number of benzene rings is 1. The fourth-order valence-corrected chi connectivity index (χ4v) is 1.96. The molecule has 0 bridgehead atoms. The van der Waals surface area contributed by atoms with Gasteiger partial charge < -0.3 is 14.2 Å². The van der Waals surface area contributed by atoms with Gasteiger partial charge in [0.05, 0.1) is 13.7 Å². The van der Waals surface area contributed by atoms with E-state index in [2.05, 4.69) is 31.4 Å². The monoisotopic (exact) mass is 460 g/mol. The van der Waals surface area contributed by atoms with Crippen molar-refractivity contribution in [1.82, 2.24) is 0 Å². The first-order valence-electron chi connectivity index (χ1n) is 11.1. The molecule has 0 radical (unpaired) electrons. The van der Waals surface area contributed by atoms with Crippen molar-refractivity contribution < 1.29 is 28.6 Å². The highest BCUT2D eigenvalue weighted by molar-refractivity contribution is 5.87. The SMILES string of the molecule is C=C(C)C(=O)OC.C=C(C)C(=O)OCc1ccccc1.C=C(CC)C(=O)OCCCCCC. The zero-order chi connectivity index (χ0) is 25.6. The Bertz CT molecular complexity index is 749. The summed E-state index contributed by atoms with van der Waals surface area (Å²) in [6.45, 7) is 18.6. The van der Waals surface area contributed by atoms with Crippen LogP contribution >= 0.6 is 0 Å². The quantitative estimate of drug-likeness (QED) is 0.171. The van der Waals surface area contributed by atoms with Gasteiger partial charge in [-0.25, -0.2) is 14.4 Å². The van der Waals surface area contributed by atoms with E-state index < -0.39 is 0 Å². The second kappa shape index (κ2) is 20.7. The molecule has 0 saturated carbocycles. The molecule has 0 unspecified atom stereocenters. The zero-order valence-corrected chi connectivity index (χ0v) is 20.9. The summed E-state index contributed by atoms with van der Waals surface area (Å²) in [6.07, 6.45) is 5.20. The summed E-state index contributed by atoms with van der Waals surface area (Å²) in [4.78, 5) is 32.3. The molecule has 1 rings (SSSR count). The summed E-state index contributed by atoms with van der Waals surface area (Å²) < 4.78 is 14.2. The maximum Gasteiger partial charge on any atom is 0.333 e. The van der Waals surface area contributed by atoms with Crippen molar-refractivity contribution in [3.05, 3.63) is 72.4 Å². The molecule has 0 aliphatic carbocycles. The van der Waals surface area contributed by atoms with Crippen molar-refractivity contribution in [3.63, 3.8) is 0 Å². The van der Waals surface area contributed by atoms with Crippen molar-refractivity contribution in [3.8, 4) is 0 Å². The van der Waals surface area contributed by atoms with Gasteiger partial charge in [0, 0.05) is 16.7 Å². The Labute approximate surface area is 199 Å². The molecule has 6 nitrogen and oxygen atoms in total. The predicted octanol–water partition coefficient (Wildman–Crippen LogP) is 6.12. The Balaban J connectivity index is 0. The molecule has 0 N–H and O–H groups in total. The average molecular weight is 461 g/mol. The van der Waals surface area contributed by atoms with E-state index in [9.17, 15) is 14.4 Å². The number of esters is 3. The minimum absolute atomic E-state index is 0.237. The average Bonchev–Trinajstić information content (AvgIpc) is 2.82. The summed E-state index contributed by atoms with van der Waals surface area (Å²) in [5.74, 6) is -0.928. The lowest BCUT2D eigenvalue weighted by Crippen LogP contribution is -2.07. The Morgan fingerprint density at radius 2 is 1.36 bits per heavy atom. The molecule has 0 saturated heterocycles. The molecule has 0 fully saturated rings. The number of ether oxygens (including phenoxy) is 3. The van der Waals surface area contributed by atoms with Gasteiger partial charge in [0.2, 0.25) is 0 Å². The van der Waals surface area contributed by atoms with E-state index in [4.69, 9.17) is 9.47 Å². The maximum atomic E-state index is 11.1. The van der Waals surface area contributed by atoms with Gasteiger partial charge in [0.1, 0.15) is 6.61 Å². The fraction of sp³-hybridized carbons (Fsp3) is 0.444. The zero-order valence-electron chi connectivity index (χ0n) is 20.9. The highest BCUT2D eigenvalue weighted by Gasteiger charge is 2.04. The number of hydrogen-bond acceptors (Lipinski definition) is 6. The van der Waals surface area contributed by atoms with Crippen LogP contribution in [-0.4, -0.2) is 31.6 Å². The molecule has 0 heterocycles. The summed E-state index contributed by atoms with van der Waals surface area (Å²) >= 11 is 0. The van der Waals surface area contributed by atoms with Crippen LogP contribution in [0, 0.1) is 0 Å². The minimum Gasteiger partial charge on any atom is -0.466 e. The molecular formula is C27H40O6. The molecule has 0 amide bonds. The van der Waals surface area contributed by atoms with Gasteiger partial charge in [-0.15, -0.1) is 0 Å². The van der Waals surface area contributed by atoms with Crippen LogP contribution in [0.3, 0.4) is 0 Å². The number of rotatable bonds is 11. The molecule has 0 aliphatic heterocycles. The first kappa shape index (κ1) is 32.0. The lowest BCUT2D eigenvalue weighted by atomic mass is 10.2. The largest absolute Gasteiger partial charge is 0.466 e. The Kier molecular flexibility index (Phi) is 20.1. The van der Waals surface area contributed by atoms with Gasteiger partial charge in [0.25, 0.3) is 0 Å². The smallest absolute Gasteiger partial charge is 0.333 e. The number of hydrogen-bond donors (Lipinski definition) is 0. The molecule has 0 atom stereocenters. The van der Waals surface area contributed by atoms with Crippen LogP contribution in [0.2, 0.25) is 0 Å². The number of carbonyl (C=O) groups excluding carboxylic acids is 3. The van der Waals surface area contributed by atoms with Crippen LogP contribution < -0.4 is 0 Å². The number of carbonyl (C=O) groups is 3. The first-order chi connectivity index (χ1) is 15.6. The Morgan fingerprint density at radius 3 is 1.79 bits per heavy atom. The molecule has 184 valence electrons. The Morgan fingerprint density at radius 1 is 0.788 bits per heavy atom. The molecule has 33 heavy (non-hydrogen) atoms. The van der Waals surface area contributed by atoms with Crippen LogP contribution in [0.4, 0.5) is 0 Å². The van der Waals surface area contributed by atoms with E-state index in [1.807, 2.05) is 37.3 Å². The van der Waals surface area contributed by atoms with Crippen LogP contribution in [0.1, 0.15) is 65.4 Å². The highest BCUT2D eigenvalue weighted by atomic mass is 16.5. The number of unbranched alkanes of at least 4 members (excludes halogenated alkanes) is 3. The van der Waals surface area contributed by atoms with E-state index in [1.54, 1.807) is 13.8 Å². The summed E-state index contributed by atoms with van der Waals surface area (Å²) in [5, 5.41) is 0. The molecule has 6 heteroatoms. The van der Waals surface area contributed by atoms with E-state index in [1.165, 1.54) is 20.0 Å². The van der Waals surface area contributed by atoms with Gasteiger partial charge in [-0.05, 0) is 32.3 Å². The molecule has 1 aromatic carbocycles. The van der Waals surface area contributed by atoms with Crippen molar-refractivity contribution >= 4 is 17.9 Å². The maximum absolute atomic E-state index is 11.1. The van der Waals surface area contributed by atoms with E-state index in [0.29, 0.717) is 36.4 Å². The van der Waals surface area contributed by atoms with Gasteiger partial charge in [-0.2, -0.15) is 0 Å². The van der Waals surface area contributed by atoms with Crippen LogP contribution in [0.15, 0.2) is 66.8 Å². The van der Waals surface area contributed by atoms with Crippen molar-refractivity contribution in [2.75, 3.05) is 13.7 Å². The molecule has 1 aromatic rings. The van der Waals surface area contributed by atoms with E-state index >= 15 is 0 Å². The van der Waals surface area contributed by atoms with Crippen molar-refractivity contribution in [2.45, 2.75) is 66.4 Å². The standard InChI is InChI=1S/C11H12O2.C11H20O2.C5H8O2/c1-9(2)11(12)13-8-10-6-4-3-5-7-10;1-4-6-7-8-9-13-11(12)10(3)5-2;1-4(2)5(6)7-3/h3-7H,1,8H2,2H3;3-9H2,1-2H3;1H2,2-3H3. The fourth-order valence-electron chi connectivity index (χ4n) is 1.96. The second-order valence-corrected chi connectivity index (χ2v) is 7.27. The van der Waals surface area contributed by atoms with E-state index in [-0.39, 0.29) is 17.9 Å². The molecular weight excluding hydrogens is 420 g/mol. The number of methoxy groups -OCH3 is 1. The van der Waals surface area contributed by atoms with E-state index in [0.717, 1.165) is 18.4 Å². The third-order valence-corrected chi connectivity index (χ3v) is 4.04. The topological polar surface area (TPSA) is 78.9 Å². The summed E-state index contributed by atoms with van der Waals surface area (Å²) in [7, 11) is 1.33. The normalized spacial score (nSPS) is 9.12. The minimum atomic E-state index is -0.347. The van der Waals surface area contributed by atoms with Crippen molar-refractivity contribution in [2.24, 2.45) is 0 Å². The van der Waals surface area contributed by atoms with Crippen LogP contribution in [0.25, 0.3) is 0 Å². The van der Waals surface area contributed by atoms with Crippen molar-refractivity contribution in [1.29, 1.82) is 0 Å². The Hall–Kier alpha value is -3.15. The van der Waals surface area contributed by atoms with Crippen LogP contribution in [-0.2, 0) is 35.2 Å². The molecule has 0 aliphatic rings. The highest BCUT2D eigenvalue weighted by Crippen LogP contribution is 2.04. The van der Waals surface area contributed by atoms with Crippen LogP contribution in [0.5, 0.6) is 0 Å². The van der Waals surface area contributed by atoms with Gasteiger partial charge in [-0.1, -0.05) is 83.2 Å². The lowest BCUT2D eigenvalue weighted by molar-refractivity contribution is -0.140. The summed E-state index contributed by atoms with van der Waals surface area (Å²) in [5.41, 5.74) is 2.41.